The molecule has 0 aliphatic carbocycles. The van der Waals surface area contributed by atoms with Gasteiger partial charge in [-0.2, -0.15) is 10.1 Å². The van der Waals surface area contributed by atoms with Crippen molar-refractivity contribution in [2.45, 2.75) is 6.92 Å². The van der Waals surface area contributed by atoms with Gasteiger partial charge in [-0.15, -0.1) is 0 Å². The van der Waals surface area contributed by atoms with Gasteiger partial charge in [-0.3, -0.25) is 4.79 Å². The number of hydrogen-bond donors (Lipinski definition) is 0. The average Bonchev–Trinajstić information content (AvgIpc) is 2.93. The SMILES string of the molecule is COc1ccc(/C=C2/C(=O)N(c3c(F)c(F)c(F)c(F)c3F)N=C2C)cc1Br. The Morgan fingerprint density at radius 1 is 1.04 bits per heavy atom. The number of methoxy groups -OCH3 is 1. The van der Waals surface area contributed by atoms with Crippen LogP contribution in [0.25, 0.3) is 6.08 Å². The van der Waals surface area contributed by atoms with Crippen LogP contribution in [0, 0.1) is 29.1 Å². The number of nitrogens with zero attached hydrogens (tertiary/aromatic N) is 2. The second kappa shape index (κ2) is 7.34. The van der Waals surface area contributed by atoms with Crippen molar-refractivity contribution in [3.8, 4) is 5.75 Å². The molecule has 1 amide bonds. The van der Waals surface area contributed by atoms with Crippen molar-refractivity contribution in [3.63, 3.8) is 0 Å². The quantitative estimate of drug-likeness (QED) is 0.281. The summed E-state index contributed by atoms with van der Waals surface area (Å²) in [5.74, 6) is -11.4. The summed E-state index contributed by atoms with van der Waals surface area (Å²) in [6, 6.07) is 4.84. The Balaban J connectivity index is 2.06. The number of benzene rings is 2. The van der Waals surface area contributed by atoms with Crippen molar-refractivity contribution >= 4 is 39.3 Å². The molecule has 0 radical (unpaired) electrons. The molecule has 0 atom stereocenters. The van der Waals surface area contributed by atoms with Gasteiger partial charge in [-0.05, 0) is 46.6 Å². The molecule has 0 N–H and O–H groups in total. The summed E-state index contributed by atoms with van der Waals surface area (Å²) in [5, 5.41) is 3.83. The van der Waals surface area contributed by atoms with Gasteiger partial charge in [0.15, 0.2) is 23.3 Å². The molecular weight excluding hydrogens is 451 g/mol. The molecular formula is C18H10BrF5N2O2. The molecule has 28 heavy (non-hydrogen) atoms. The van der Waals surface area contributed by atoms with Gasteiger partial charge < -0.3 is 4.74 Å². The molecule has 2 aromatic rings. The predicted molar refractivity (Wildman–Crippen MR) is 95.5 cm³/mol. The second-order valence-electron chi connectivity index (χ2n) is 5.67. The summed E-state index contributed by atoms with van der Waals surface area (Å²) in [6.07, 6.45) is 1.37. The van der Waals surface area contributed by atoms with E-state index in [2.05, 4.69) is 21.0 Å². The Labute approximate surface area is 164 Å². The Morgan fingerprint density at radius 2 is 1.61 bits per heavy atom. The van der Waals surface area contributed by atoms with E-state index in [-0.39, 0.29) is 16.3 Å². The molecule has 1 heterocycles. The summed E-state index contributed by atoms with van der Waals surface area (Å²) in [4.78, 5) is 12.6. The van der Waals surface area contributed by atoms with E-state index in [4.69, 9.17) is 4.74 Å². The van der Waals surface area contributed by atoms with E-state index in [9.17, 15) is 26.7 Å². The van der Waals surface area contributed by atoms with E-state index >= 15 is 0 Å². The van der Waals surface area contributed by atoms with Crippen LogP contribution in [0.1, 0.15) is 12.5 Å². The normalized spacial score (nSPS) is 15.4. The number of anilines is 1. The van der Waals surface area contributed by atoms with E-state index in [0.717, 1.165) is 0 Å². The molecule has 2 aromatic carbocycles. The molecule has 0 aromatic heterocycles. The molecule has 0 unspecified atom stereocenters. The van der Waals surface area contributed by atoms with Gasteiger partial charge in [-0.25, -0.2) is 22.0 Å². The minimum Gasteiger partial charge on any atom is -0.496 e. The van der Waals surface area contributed by atoms with Crippen molar-refractivity contribution < 1.29 is 31.5 Å². The number of ether oxygens (including phenoxy) is 1. The Bertz CT molecular complexity index is 1040. The first-order chi connectivity index (χ1) is 13.2. The minimum absolute atomic E-state index is 0.0425. The van der Waals surface area contributed by atoms with E-state index in [1.165, 1.54) is 20.1 Å². The van der Waals surface area contributed by atoms with Crippen LogP contribution in [-0.2, 0) is 4.79 Å². The highest BCUT2D eigenvalue weighted by molar-refractivity contribution is 9.10. The largest absolute Gasteiger partial charge is 0.496 e. The molecule has 4 nitrogen and oxygen atoms in total. The van der Waals surface area contributed by atoms with Crippen LogP contribution in [0.3, 0.4) is 0 Å². The number of carbonyl (C=O) groups is 1. The highest BCUT2D eigenvalue weighted by Crippen LogP contribution is 2.34. The first kappa shape index (κ1) is 20.0. The molecule has 146 valence electrons. The fraction of sp³-hybridized carbons (Fsp3) is 0.111. The molecule has 1 aliphatic rings. The summed E-state index contributed by atoms with van der Waals surface area (Å²) >= 11 is 3.28. The number of carbonyl (C=O) groups excluding carboxylic acids is 1. The van der Waals surface area contributed by atoms with Crippen molar-refractivity contribution in [2.75, 3.05) is 12.1 Å². The minimum atomic E-state index is -2.31. The molecule has 0 saturated heterocycles. The van der Waals surface area contributed by atoms with Gasteiger partial charge in [0.1, 0.15) is 11.4 Å². The lowest BCUT2D eigenvalue weighted by Gasteiger charge is -2.15. The molecule has 0 bridgehead atoms. The van der Waals surface area contributed by atoms with Gasteiger partial charge in [0, 0.05) is 0 Å². The lowest BCUT2D eigenvalue weighted by molar-refractivity contribution is -0.114. The van der Waals surface area contributed by atoms with Gasteiger partial charge in [0.2, 0.25) is 5.82 Å². The second-order valence-corrected chi connectivity index (χ2v) is 6.53. The van der Waals surface area contributed by atoms with E-state index in [1.54, 1.807) is 18.2 Å². The van der Waals surface area contributed by atoms with E-state index < -0.39 is 40.7 Å². The van der Waals surface area contributed by atoms with Crippen LogP contribution >= 0.6 is 15.9 Å². The van der Waals surface area contributed by atoms with Crippen LogP contribution in [-0.4, -0.2) is 18.7 Å². The number of hydrazone groups is 1. The predicted octanol–water partition coefficient (Wildman–Crippen LogP) is 4.96. The molecule has 1 aliphatic heterocycles. The Morgan fingerprint density at radius 3 is 2.14 bits per heavy atom. The average molecular weight is 461 g/mol. The topological polar surface area (TPSA) is 41.9 Å². The third kappa shape index (κ3) is 3.17. The summed E-state index contributed by atoms with van der Waals surface area (Å²) in [5.41, 5.74) is -0.938. The van der Waals surface area contributed by atoms with Gasteiger partial charge >= 0.3 is 0 Å². The van der Waals surface area contributed by atoms with Crippen molar-refractivity contribution in [1.29, 1.82) is 0 Å². The van der Waals surface area contributed by atoms with Gasteiger partial charge in [0.25, 0.3) is 5.91 Å². The van der Waals surface area contributed by atoms with Crippen LogP contribution < -0.4 is 9.75 Å². The standard InChI is InChI=1S/C18H10BrF5N2O2/c1-7-9(5-8-3-4-11(28-2)10(19)6-8)18(27)26(25-7)17-15(23)13(21)12(20)14(22)16(17)24/h3-6H,1-2H3/b9-5+. The van der Waals surface area contributed by atoms with Crippen LogP contribution in [0.4, 0.5) is 27.6 Å². The zero-order valence-corrected chi connectivity index (χ0v) is 15.9. The lowest BCUT2D eigenvalue weighted by atomic mass is 10.1. The number of rotatable bonds is 3. The van der Waals surface area contributed by atoms with Gasteiger partial charge in [-0.1, -0.05) is 6.07 Å². The highest BCUT2D eigenvalue weighted by Gasteiger charge is 2.37. The van der Waals surface area contributed by atoms with Crippen molar-refractivity contribution in [3.05, 3.63) is 62.9 Å². The molecule has 0 saturated carbocycles. The monoisotopic (exact) mass is 460 g/mol. The van der Waals surface area contributed by atoms with E-state index in [1.807, 2.05) is 0 Å². The summed E-state index contributed by atoms with van der Waals surface area (Å²) in [6.45, 7) is 1.37. The Kier molecular flexibility index (Phi) is 5.24. The lowest BCUT2D eigenvalue weighted by Crippen LogP contribution is -2.25. The number of amides is 1. The fourth-order valence-corrected chi connectivity index (χ4v) is 3.11. The highest BCUT2D eigenvalue weighted by atomic mass is 79.9. The molecule has 10 heteroatoms. The van der Waals surface area contributed by atoms with Crippen LogP contribution in [0.15, 0.2) is 33.3 Å². The Hall–Kier alpha value is -2.75. The van der Waals surface area contributed by atoms with Crippen LogP contribution in [0.5, 0.6) is 5.75 Å². The summed E-state index contributed by atoms with van der Waals surface area (Å²) < 4.78 is 73.9. The zero-order valence-electron chi connectivity index (χ0n) is 14.3. The third-order valence-corrected chi connectivity index (χ3v) is 4.57. The number of halogens is 6. The van der Waals surface area contributed by atoms with Crippen molar-refractivity contribution in [2.24, 2.45) is 5.10 Å². The maximum Gasteiger partial charge on any atom is 0.280 e. The molecule has 0 fully saturated rings. The fourth-order valence-electron chi connectivity index (χ4n) is 2.55. The van der Waals surface area contributed by atoms with Gasteiger partial charge in [0.05, 0.1) is 22.9 Å². The van der Waals surface area contributed by atoms with Crippen molar-refractivity contribution in [1.82, 2.24) is 0 Å². The van der Waals surface area contributed by atoms with Crippen LogP contribution in [0.2, 0.25) is 0 Å². The summed E-state index contributed by atoms with van der Waals surface area (Å²) in [7, 11) is 1.47. The number of hydrogen-bond acceptors (Lipinski definition) is 3. The maximum atomic E-state index is 14.0. The first-order valence-corrected chi connectivity index (χ1v) is 8.43. The maximum absolute atomic E-state index is 14.0. The third-order valence-electron chi connectivity index (χ3n) is 3.95. The zero-order chi connectivity index (χ0) is 20.7. The molecule has 3 rings (SSSR count). The smallest absolute Gasteiger partial charge is 0.280 e. The first-order valence-electron chi connectivity index (χ1n) is 7.64. The van der Waals surface area contributed by atoms with E-state index in [0.29, 0.717) is 15.8 Å². The molecule has 0 spiro atoms.